The Morgan fingerprint density at radius 3 is 2.70 bits per heavy atom. The minimum Gasteiger partial charge on any atom is -0.494 e. The first-order valence-electron chi connectivity index (χ1n) is 8.16. The topological polar surface area (TPSA) is 9.23 Å². The van der Waals surface area contributed by atoms with Crippen LogP contribution in [0.15, 0.2) is 42.0 Å². The van der Waals surface area contributed by atoms with E-state index in [-0.39, 0.29) is 0 Å². The van der Waals surface area contributed by atoms with Crippen molar-refractivity contribution in [3.05, 3.63) is 42.0 Å². The number of hydrogen-bond donors (Lipinski definition) is 0. The summed E-state index contributed by atoms with van der Waals surface area (Å²) < 4.78 is 5.79. The van der Waals surface area contributed by atoms with E-state index in [0.29, 0.717) is 0 Å². The molecular formula is C19H28O. The van der Waals surface area contributed by atoms with Crippen LogP contribution in [0.1, 0.15) is 52.4 Å². The highest BCUT2D eigenvalue weighted by atomic mass is 16.5. The van der Waals surface area contributed by atoms with Gasteiger partial charge in [-0.1, -0.05) is 43.7 Å². The normalized spacial score (nSPS) is 20.3. The highest BCUT2D eigenvalue weighted by Crippen LogP contribution is 2.31. The molecule has 0 spiro atoms. The molecule has 1 aliphatic carbocycles. The zero-order chi connectivity index (χ0) is 14.2. The second-order valence-corrected chi connectivity index (χ2v) is 6.07. The smallest absolute Gasteiger partial charge is 0.119 e. The summed E-state index contributed by atoms with van der Waals surface area (Å²) in [6.45, 7) is 5.52. The first-order valence-corrected chi connectivity index (χ1v) is 8.16. The molecule has 2 unspecified atom stereocenters. The van der Waals surface area contributed by atoms with Gasteiger partial charge in [-0.2, -0.15) is 0 Å². The Bertz CT molecular complexity index is 407. The van der Waals surface area contributed by atoms with Gasteiger partial charge in [-0.05, 0) is 62.5 Å². The molecule has 0 aromatic heterocycles. The largest absolute Gasteiger partial charge is 0.494 e. The Labute approximate surface area is 124 Å². The van der Waals surface area contributed by atoms with Crippen LogP contribution in [0.3, 0.4) is 0 Å². The van der Waals surface area contributed by atoms with Crippen molar-refractivity contribution >= 4 is 0 Å². The SMILES string of the molecule is CCC(CCCOc1ccccc1)C1=CCC(C)CC1. The molecule has 0 fully saturated rings. The maximum absolute atomic E-state index is 5.79. The summed E-state index contributed by atoms with van der Waals surface area (Å²) in [5, 5.41) is 0. The quantitative estimate of drug-likeness (QED) is 0.462. The van der Waals surface area contributed by atoms with Crippen molar-refractivity contribution in [2.24, 2.45) is 11.8 Å². The van der Waals surface area contributed by atoms with Gasteiger partial charge in [0, 0.05) is 0 Å². The second kappa shape index (κ2) is 8.14. The average Bonchev–Trinajstić information content (AvgIpc) is 2.50. The maximum atomic E-state index is 5.79. The standard InChI is InChI=1S/C19H28O/c1-3-17(18-13-11-16(2)12-14-18)8-7-15-20-19-9-5-4-6-10-19/h4-6,9-10,13,16-17H,3,7-8,11-12,14-15H2,1-2H3. The molecule has 1 aromatic rings. The molecular weight excluding hydrogens is 244 g/mol. The van der Waals surface area contributed by atoms with Crippen LogP contribution in [0.2, 0.25) is 0 Å². The summed E-state index contributed by atoms with van der Waals surface area (Å²) in [5.74, 6) is 2.66. The predicted molar refractivity (Wildman–Crippen MR) is 86.1 cm³/mol. The first-order chi connectivity index (χ1) is 9.79. The highest BCUT2D eigenvalue weighted by molar-refractivity contribution is 5.20. The Kier molecular flexibility index (Phi) is 6.17. The van der Waals surface area contributed by atoms with Crippen molar-refractivity contribution < 1.29 is 4.74 Å². The minimum absolute atomic E-state index is 0.780. The van der Waals surface area contributed by atoms with Crippen LogP contribution in [0, 0.1) is 11.8 Å². The average molecular weight is 272 g/mol. The van der Waals surface area contributed by atoms with Gasteiger partial charge in [0.05, 0.1) is 6.61 Å². The van der Waals surface area contributed by atoms with E-state index in [1.54, 1.807) is 5.57 Å². The molecule has 1 heteroatoms. The third-order valence-corrected chi connectivity index (χ3v) is 4.43. The van der Waals surface area contributed by atoms with Crippen LogP contribution in [-0.2, 0) is 0 Å². The molecule has 2 rings (SSSR count). The molecule has 0 bridgehead atoms. The Balaban J connectivity index is 1.71. The molecule has 2 atom stereocenters. The summed E-state index contributed by atoms with van der Waals surface area (Å²) >= 11 is 0. The lowest BCUT2D eigenvalue weighted by Crippen LogP contribution is -2.11. The summed E-state index contributed by atoms with van der Waals surface area (Å²) in [4.78, 5) is 0. The molecule has 1 aromatic carbocycles. The summed E-state index contributed by atoms with van der Waals surface area (Å²) in [5.41, 5.74) is 1.71. The lowest BCUT2D eigenvalue weighted by molar-refractivity contribution is 0.294. The monoisotopic (exact) mass is 272 g/mol. The fourth-order valence-corrected chi connectivity index (χ4v) is 3.04. The third-order valence-electron chi connectivity index (χ3n) is 4.43. The number of hydrogen-bond acceptors (Lipinski definition) is 1. The van der Waals surface area contributed by atoms with E-state index in [1.165, 1.54) is 32.1 Å². The van der Waals surface area contributed by atoms with E-state index >= 15 is 0 Å². The van der Waals surface area contributed by atoms with E-state index in [4.69, 9.17) is 4.74 Å². The van der Waals surface area contributed by atoms with Gasteiger partial charge in [0.1, 0.15) is 5.75 Å². The van der Waals surface area contributed by atoms with E-state index < -0.39 is 0 Å². The van der Waals surface area contributed by atoms with Gasteiger partial charge in [-0.15, -0.1) is 0 Å². The number of para-hydroxylation sites is 1. The molecule has 0 aliphatic heterocycles. The van der Waals surface area contributed by atoms with Gasteiger partial charge >= 0.3 is 0 Å². The fourth-order valence-electron chi connectivity index (χ4n) is 3.04. The Morgan fingerprint density at radius 1 is 1.25 bits per heavy atom. The van der Waals surface area contributed by atoms with E-state index in [1.807, 2.05) is 30.3 Å². The van der Waals surface area contributed by atoms with E-state index in [2.05, 4.69) is 19.9 Å². The van der Waals surface area contributed by atoms with Crippen molar-refractivity contribution in [2.75, 3.05) is 6.61 Å². The van der Waals surface area contributed by atoms with Crippen LogP contribution < -0.4 is 4.74 Å². The first kappa shape index (κ1) is 15.2. The molecule has 0 saturated heterocycles. The van der Waals surface area contributed by atoms with E-state index in [9.17, 15) is 0 Å². The highest BCUT2D eigenvalue weighted by Gasteiger charge is 2.17. The van der Waals surface area contributed by atoms with Crippen molar-refractivity contribution in [3.63, 3.8) is 0 Å². The minimum atomic E-state index is 0.780. The van der Waals surface area contributed by atoms with Crippen LogP contribution >= 0.6 is 0 Å². The zero-order valence-electron chi connectivity index (χ0n) is 13.0. The number of rotatable bonds is 7. The number of benzene rings is 1. The van der Waals surface area contributed by atoms with Gasteiger partial charge in [0.15, 0.2) is 0 Å². The second-order valence-electron chi connectivity index (χ2n) is 6.07. The molecule has 0 saturated carbocycles. The van der Waals surface area contributed by atoms with Gasteiger partial charge < -0.3 is 4.74 Å². The van der Waals surface area contributed by atoms with Crippen LogP contribution in [-0.4, -0.2) is 6.61 Å². The van der Waals surface area contributed by atoms with Gasteiger partial charge in [0.2, 0.25) is 0 Å². The molecule has 0 N–H and O–H groups in total. The van der Waals surface area contributed by atoms with Crippen molar-refractivity contribution in [1.82, 2.24) is 0 Å². The van der Waals surface area contributed by atoms with Crippen LogP contribution in [0.5, 0.6) is 5.75 Å². The van der Waals surface area contributed by atoms with Crippen LogP contribution in [0.4, 0.5) is 0 Å². The van der Waals surface area contributed by atoms with Gasteiger partial charge in [-0.3, -0.25) is 0 Å². The molecule has 0 amide bonds. The van der Waals surface area contributed by atoms with Crippen LogP contribution in [0.25, 0.3) is 0 Å². The molecule has 0 radical (unpaired) electrons. The zero-order valence-corrected chi connectivity index (χ0v) is 13.0. The van der Waals surface area contributed by atoms with Gasteiger partial charge in [-0.25, -0.2) is 0 Å². The summed E-state index contributed by atoms with van der Waals surface area (Å²) in [6, 6.07) is 10.1. The number of allylic oxidation sites excluding steroid dienone is 2. The van der Waals surface area contributed by atoms with Crippen molar-refractivity contribution in [1.29, 1.82) is 0 Å². The lowest BCUT2D eigenvalue weighted by Gasteiger charge is -2.25. The van der Waals surface area contributed by atoms with Crippen molar-refractivity contribution in [3.8, 4) is 5.75 Å². The Morgan fingerprint density at radius 2 is 2.05 bits per heavy atom. The molecule has 0 heterocycles. The lowest BCUT2D eigenvalue weighted by atomic mass is 9.82. The van der Waals surface area contributed by atoms with E-state index in [0.717, 1.165) is 30.6 Å². The fraction of sp³-hybridized carbons (Fsp3) is 0.579. The molecule has 1 nitrogen and oxygen atoms in total. The predicted octanol–water partition coefficient (Wildman–Crippen LogP) is 5.62. The summed E-state index contributed by atoms with van der Waals surface area (Å²) in [7, 11) is 0. The van der Waals surface area contributed by atoms with Gasteiger partial charge in [0.25, 0.3) is 0 Å². The summed E-state index contributed by atoms with van der Waals surface area (Å²) in [6.07, 6.45) is 10.2. The van der Waals surface area contributed by atoms with Crippen molar-refractivity contribution in [2.45, 2.75) is 52.4 Å². The molecule has 1 aliphatic rings. The molecule has 110 valence electrons. The Hall–Kier alpha value is -1.24. The number of ether oxygens (including phenoxy) is 1. The third kappa shape index (κ3) is 4.70. The maximum Gasteiger partial charge on any atom is 0.119 e. The molecule has 20 heavy (non-hydrogen) atoms.